The van der Waals surface area contributed by atoms with Gasteiger partial charge in [-0.05, 0) is 12.8 Å². The second-order valence-corrected chi connectivity index (χ2v) is 2.55. The molecule has 1 aliphatic heterocycles. The average Bonchev–Trinajstić information content (AvgIpc) is 1.60. The lowest BCUT2D eigenvalue weighted by molar-refractivity contribution is -0.118. The van der Waals surface area contributed by atoms with E-state index >= 15 is 0 Å². The zero-order valence-corrected chi connectivity index (χ0v) is 5.84. The Balaban J connectivity index is 2.08. The molecule has 1 N–H and O–H groups in total. The summed E-state index contributed by atoms with van der Waals surface area (Å²) in [4.78, 5) is 0. The van der Waals surface area contributed by atoms with Gasteiger partial charge in [-0.3, -0.25) is 0 Å². The molecule has 0 bridgehead atoms. The molecule has 1 fully saturated rings. The highest BCUT2D eigenvalue weighted by Gasteiger charge is 2.25. The number of ether oxygens (including phenoxy) is 1. The Hall–Kier alpha value is -0.0800. The standard InChI is InChI=1S/C7H14O2/c1-2-3-6(8)7-4-5-9-7/h6-8H,2-5H2,1H3. The second kappa shape index (κ2) is 3.18. The SMILES string of the molecule is CCCC(O)C1CCO1. The zero-order valence-electron chi connectivity index (χ0n) is 5.84. The Morgan fingerprint density at radius 2 is 2.44 bits per heavy atom. The van der Waals surface area contributed by atoms with E-state index in [2.05, 4.69) is 6.92 Å². The van der Waals surface area contributed by atoms with E-state index in [1.54, 1.807) is 0 Å². The van der Waals surface area contributed by atoms with Crippen molar-refractivity contribution in [3.63, 3.8) is 0 Å². The fourth-order valence-electron chi connectivity index (χ4n) is 1.04. The Kier molecular flexibility index (Phi) is 2.49. The molecular weight excluding hydrogens is 116 g/mol. The van der Waals surface area contributed by atoms with Crippen molar-refractivity contribution in [1.82, 2.24) is 0 Å². The number of hydrogen-bond acceptors (Lipinski definition) is 2. The summed E-state index contributed by atoms with van der Waals surface area (Å²) in [5, 5.41) is 9.24. The van der Waals surface area contributed by atoms with Crippen LogP contribution in [0, 0.1) is 0 Å². The lowest BCUT2D eigenvalue weighted by Crippen LogP contribution is -2.38. The van der Waals surface area contributed by atoms with Crippen LogP contribution < -0.4 is 0 Å². The van der Waals surface area contributed by atoms with Gasteiger partial charge in [-0.1, -0.05) is 13.3 Å². The molecule has 0 aromatic heterocycles. The smallest absolute Gasteiger partial charge is 0.0855 e. The Bertz CT molecular complexity index is 79.0. The van der Waals surface area contributed by atoms with Crippen LogP contribution in [-0.2, 0) is 4.74 Å². The lowest BCUT2D eigenvalue weighted by atomic mass is 10.0. The van der Waals surface area contributed by atoms with Crippen LogP contribution in [0.25, 0.3) is 0 Å². The van der Waals surface area contributed by atoms with Gasteiger partial charge < -0.3 is 9.84 Å². The monoisotopic (exact) mass is 130 g/mol. The maximum Gasteiger partial charge on any atom is 0.0855 e. The van der Waals surface area contributed by atoms with Gasteiger partial charge in [0.2, 0.25) is 0 Å². The van der Waals surface area contributed by atoms with Gasteiger partial charge in [-0.25, -0.2) is 0 Å². The number of rotatable bonds is 3. The number of aliphatic hydroxyl groups excluding tert-OH is 1. The van der Waals surface area contributed by atoms with E-state index in [9.17, 15) is 5.11 Å². The van der Waals surface area contributed by atoms with Crippen LogP contribution in [0.5, 0.6) is 0 Å². The van der Waals surface area contributed by atoms with E-state index < -0.39 is 0 Å². The third-order valence-electron chi connectivity index (χ3n) is 1.75. The largest absolute Gasteiger partial charge is 0.390 e. The maximum absolute atomic E-state index is 9.24. The Morgan fingerprint density at radius 1 is 1.78 bits per heavy atom. The van der Waals surface area contributed by atoms with E-state index in [0.29, 0.717) is 0 Å². The van der Waals surface area contributed by atoms with Crippen molar-refractivity contribution in [2.75, 3.05) is 6.61 Å². The van der Waals surface area contributed by atoms with Crippen molar-refractivity contribution in [3.05, 3.63) is 0 Å². The van der Waals surface area contributed by atoms with Gasteiger partial charge >= 0.3 is 0 Å². The van der Waals surface area contributed by atoms with Crippen molar-refractivity contribution >= 4 is 0 Å². The third kappa shape index (κ3) is 1.66. The Morgan fingerprint density at radius 3 is 2.78 bits per heavy atom. The summed E-state index contributed by atoms with van der Waals surface area (Å²) in [5.74, 6) is 0. The van der Waals surface area contributed by atoms with Crippen molar-refractivity contribution < 1.29 is 9.84 Å². The van der Waals surface area contributed by atoms with Gasteiger partial charge in [0.05, 0.1) is 12.2 Å². The van der Waals surface area contributed by atoms with Gasteiger partial charge in [-0.2, -0.15) is 0 Å². The molecule has 2 atom stereocenters. The summed E-state index contributed by atoms with van der Waals surface area (Å²) in [5.41, 5.74) is 0. The van der Waals surface area contributed by atoms with E-state index in [0.717, 1.165) is 25.9 Å². The molecule has 0 amide bonds. The molecule has 2 heteroatoms. The zero-order chi connectivity index (χ0) is 6.69. The van der Waals surface area contributed by atoms with Gasteiger partial charge in [0, 0.05) is 6.61 Å². The minimum atomic E-state index is -0.205. The molecule has 0 radical (unpaired) electrons. The maximum atomic E-state index is 9.24. The fourth-order valence-corrected chi connectivity index (χ4v) is 1.04. The molecule has 1 saturated heterocycles. The van der Waals surface area contributed by atoms with Crippen LogP contribution in [0.1, 0.15) is 26.2 Å². The minimum absolute atomic E-state index is 0.157. The van der Waals surface area contributed by atoms with Crippen LogP contribution >= 0.6 is 0 Å². The topological polar surface area (TPSA) is 29.5 Å². The summed E-state index contributed by atoms with van der Waals surface area (Å²) in [6.07, 6.45) is 2.92. The summed E-state index contributed by atoms with van der Waals surface area (Å²) in [6, 6.07) is 0. The van der Waals surface area contributed by atoms with Gasteiger partial charge in [-0.15, -0.1) is 0 Å². The van der Waals surface area contributed by atoms with Crippen LogP contribution in [0.15, 0.2) is 0 Å². The minimum Gasteiger partial charge on any atom is -0.390 e. The number of aliphatic hydroxyl groups is 1. The van der Waals surface area contributed by atoms with E-state index in [1.165, 1.54) is 0 Å². The summed E-state index contributed by atoms with van der Waals surface area (Å²) in [6.45, 7) is 2.91. The molecule has 0 spiro atoms. The van der Waals surface area contributed by atoms with Crippen LogP contribution in [0.3, 0.4) is 0 Å². The fraction of sp³-hybridized carbons (Fsp3) is 1.00. The molecule has 54 valence electrons. The van der Waals surface area contributed by atoms with Gasteiger partial charge in [0.15, 0.2) is 0 Å². The molecule has 9 heavy (non-hydrogen) atoms. The average molecular weight is 130 g/mol. The first-order valence-corrected chi connectivity index (χ1v) is 3.64. The lowest BCUT2D eigenvalue weighted by Gasteiger charge is -2.30. The molecule has 1 heterocycles. The first-order chi connectivity index (χ1) is 4.34. The molecular formula is C7H14O2. The molecule has 2 nitrogen and oxygen atoms in total. The van der Waals surface area contributed by atoms with Crippen LogP contribution in [0.2, 0.25) is 0 Å². The van der Waals surface area contributed by atoms with Crippen molar-refractivity contribution in [2.45, 2.75) is 38.4 Å². The third-order valence-corrected chi connectivity index (χ3v) is 1.75. The summed E-state index contributed by atoms with van der Waals surface area (Å²) < 4.78 is 5.10. The summed E-state index contributed by atoms with van der Waals surface area (Å²) >= 11 is 0. The first-order valence-electron chi connectivity index (χ1n) is 3.64. The molecule has 0 aliphatic carbocycles. The molecule has 0 aromatic carbocycles. The molecule has 1 aliphatic rings. The number of hydrogen-bond donors (Lipinski definition) is 1. The van der Waals surface area contributed by atoms with E-state index in [1.807, 2.05) is 0 Å². The second-order valence-electron chi connectivity index (χ2n) is 2.55. The highest BCUT2D eigenvalue weighted by Crippen LogP contribution is 2.17. The normalized spacial score (nSPS) is 29.3. The molecule has 0 saturated carbocycles. The van der Waals surface area contributed by atoms with Crippen molar-refractivity contribution in [3.8, 4) is 0 Å². The predicted octanol–water partition coefficient (Wildman–Crippen LogP) is 0.936. The van der Waals surface area contributed by atoms with Crippen molar-refractivity contribution in [2.24, 2.45) is 0 Å². The predicted molar refractivity (Wildman–Crippen MR) is 35.3 cm³/mol. The van der Waals surface area contributed by atoms with Crippen LogP contribution in [-0.4, -0.2) is 23.9 Å². The van der Waals surface area contributed by atoms with E-state index in [4.69, 9.17) is 4.74 Å². The van der Waals surface area contributed by atoms with Gasteiger partial charge in [0.25, 0.3) is 0 Å². The molecule has 1 rings (SSSR count). The van der Waals surface area contributed by atoms with Gasteiger partial charge in [0.1, 0.15) is 0 Å². The van der Waals surface area contributed by atoms with Crippen LogP contribution in [0.4, 0.5) is 0 Å². The highest BCUT2D eigenvalue weighted by atomic mass is 16.5. The Labute approximate surface area is 55.8 Å². The highest BCUT2D eigenvalue weighted by molar-refractivity contribution is 4.74. The molecule has 2 unspecified atom stereocenters. The summed E-state index contributed by atoms with van der Waals surface area (Å²) in [7, 11) is 0. The molecule has 0 aromatic rings. The van der Waals surface area contributed by atoms with Crippen molar-refractivity contribution in [1.29, 1.82) is 0 Å². The van der Waals surface area contributed by atoms with E-state index in [-0.39, 0.29) is 12.2 Å². The first kappa shape index (κ1) is 7.03. The quantitative estimate of drug-likeness (QED) is 0.616.